The van der Waals surface area contributed by atoms with E-state index in [4.69, 9.17) is 0 Å². The first-order valence-electron chi connectivity index (χ1n) is 0. The molecule has 0 bridgehead atoms. The van der Waals surface area contributed by atoms with Crippen LogP contribution in [0, 0.1) is 0 Å². The Kier molecular flexibility index (Phi) is 102. The van der Waals surface area contributed by atoms with E-state index in [9.17, 15) is 0 Å². The SMILES string of the molecule is [Ca].[Mg].[Pb].[Zn]. The third-order valence-electron chi connectivity index (χ3n) is 0. The maximum Gasteiger partial charge on any atom is 0 e. The van der Waals surface area contributed by atoms with E-state index in [2.05, 4.69) is 0 Å². The largest absolute Gasteiger partial charge is 0 e. The van der Waals surface area contributed by atoms with Gasteiger partial charge in [-0.3, -0.25) is 0 Å². The van der Waals surface area contributed by atoms with Crippen molar-refractivity contribution in [3.8, 4) is 0 Å². The van der Waals surface area contributed by atoms with Crippen molar-refractivity contribution in [2.75, 3.05) is 0 Å². The molecule has 0 spiro atoms. The minimum atomic E-state index is 0. The van der Waals surface area contributed by atoms with E-state index < -0.39 is 0 Å². The topological polar surface area (TPSA) is 0 Å². The molecule has 8 radical (unpaired) electrons. The van der Waals surface area contributed by atoms with Gasteiger partial charge in [-0.05, 0) is 0 Å². The van der Waals surface area contributed by atoms with Crippen LogP contribution >= 0.6 is 0 Å². The first-order valence-corrected chi connectivity index (χ1v) is 0. The zero-order chi connectivity index (χ0) is 0. The zero-order valence-corrected chi connectivity index (χ0v) is 13.1. The smallest absolute Gasteiger partial charge is 0 e. The molecule has 4 heavy (non-hydrogen) atoms. The molecule has 0 amide bonds. The van der Waals surface area contributed by atoms with Crippen LogP contribution in [-0.2, 0) is 19.5 Å². The van der Waals surface area contributed by atoms with E-state index >= 15 is 0 Å². The minimum Gasteiger partial charge on any atom is 0 e. The van der Waals surface area contributed by atoms with Crippen molar-refractivity contribution in [1.29, 1.82) is 0 Å². The summed E-state index contributed by atoms with van der Waals surface area (Å²) in [5, 5.41) is 0. The van der Waals surface area contributed by atoms with Gasteiger partial charge in [0.1, 0.15) is 0 Å². The van der Waals surface area contributed by atoms with Crippen LogP contribution in [0.15, 0.2) is 0 Å². The fraction of sp³-hybridized carbons (Fsp3) is 0. The summed E-state index contributed by atoms with van der Waals surface area (Å²) in [6, 6.07) is 0. The van der Waals surface area contributed by atoms with Crippen LogP contribution in [-0.4, -0.2) is 88.1 Å². The molecule has 0 nitrogen and oxygen atoms in total. The third kappa shape index (κ3) is 9.13. The fourth-order valence-corrected chi connectivity index (χ4v) is 0. The molecule has 0 atom stereocenters. The minimum absolute atomic E-state index is 0. The molecular weight excluding hydrogens is 337 g/mol. The maximum absolute atomic E-state index is 0. The van der Waals surface area contributed by atoms with E-state index in [-0.39, 0.29) is 108 Å². The summed E-state index contributed by atoms with van der Waals surface area (Å²) < 4.78 is 0. The Morgan fingerprint density at radius 2 is 1.00 bits per heavy atom. The summed E-state index contributed by atoms with van der Waals surface area (Å²) >= 11 is 0. The second-order valence-electron chi connectivity index (χ2n) is 0. The van der Waals surface area contributed by atoms with Gasteiger partial charge in [-0.25, -0.2) is 0 Å². The quantitative estimate of drug-likeness (QED) is 0.490. The average molecular weight is 337 g/mol. The molecule has 0 fully saturated rings. The molecule has 0 aromatic heterocycles. The van der Waals surface area contributed by atoms with E-state index in [1.807, 2.05) is 0 Å². The molecule has 0 unspecified atom stereocenters. The average Bonchev–Trinajstić information content (AvgIpc) is 0. The molecule has 10 valence electrons. The first-order chi connectivity index (χ1) is 0. The van der Waals surface area contributed by atoms with Gasteiger partial charge in [-0.15, -0.1) is 0 Å². The Bertz CT molecular complexity index is 8.00. The van der Waals surface area contributed by atoms with Crippen LogP contribution in [0.1, 0.15) is 0 Å². The summed E-state index contributed by atoms with van der Waals surface area (Å²) in [6.45, 7) is 0. The standard InChI is InChI=1S/Ca.Mg.Pb.Zn. The van der Waals surface area contributed by atoms with Crippen LogP contribution < -0.4 is 0 Å². The number of hydrogen-bond donors (Lipinski definition) is 0. The van der Waals surface area contributed by atoms with E-state index in [0.717, 1.165) is 0 Å². The normalized spacial score (nSPS) is 0. The number of rotatable bonds is 0. The van der Waals surface area contributed by atoms with Crippen LogP contribution in [0.4, 0.5) is 0 Å². The van der Waals surface area contributed by atoms with Crippen molar-refractivity contribution < 1.29 is 19.5 Å². The van der Waals surface area contributed by atoms with Gasteiger partial charge in [0.25, 0.3) is 0 Å². The van der Waals surface area contributed by atoms with Gasteiger partial charge in [-0.1, -0.05) is 0 Å². The maximum atomic E-state index is 0. The second-order valence-corrected chi connectivity index (χ2v) is 0. The summed E-state index contributed by atoms with van der Waals surface area (Å²) in [5.41, 5.74) is 0. The van der Waals surface area contributed by atoms with Gasteiger partial charge in [0, 0.05) is 108 Å². The van der Waals surface area contributed by atoms with E-state index in [0.29, 0.717) is 0 Å². The fourth-order valence-electron chi connectivity index (χ4n) is 0. The number of hydrogen-bond acceptors (Lipinski definition) is 0. The van der Waals surface area contributed by atoms with Gasteiger partial charge < -0.3 is 0 Å². The van der Waals surface area contributed by atoms with Crippen molar-refractivity contribution in [2.45, 2.75) is 0 Å². The van der Waals surface area contributed by atoms with Crippen LogP contribution in [0.2, 0.25) is 0 Å². The van der Waals surface area contributed by atoms with Gasteiger partial charge in [-0.2, -0.15) is 0 Å². The molecule has 0 aliphatic rings. The molecule has 4 heteroatoms. The molecule has 0 aromatic rings. The van der Waals surface area contributed by atoms with Crippen molar-refractivity contribution in [2.24, 2.45) is 0 Å². The molecule has 0 aliphatic carbocycles. The summed E-state index contributed by atoms with van der Waals surface area (Å²) in [4.78, 5) is 0. The molecular formula is CaMgPbZn. The van der Waals surface area contributed by atoms with Crippen LogP contribution in [0.5, 0.6) is 0 Å². The summed E-state index contributed by atoms with van der Waals surface area (Å²) in [7, 11) is 0. The van der Waals surface area contributed by atoms with Crippen molar-refractivity contribution in [1.82, 2.24) is 0 Å². The summed E-state index contributed by atoms with van der Waals surface area (Å²) in [5.74, 6) is 0. The van der Waals surface area contributed by atoms with Crippen LogP contribution in [0.25, 0.3) is 0 Å². The van der Waals surface area contributed by atoms with Gasteiger partial charge in [0.15, 0.2) is 0 Å². The Balaban J connectivity index is 0. The zero-order valence-electron chi connectivity index (χ0n) is 2.62. The predicted molar refractivity (Wildman–Crippen MR) is 17.3 cm³/mol. The van der Waals surface area contributed by atoms with Crippen LogP contribution in [0.3, 0.4) is 0 Å². The molecule has 0 N–H and O–H groups in total. The van der Waals surface area contributed by atoms with E-state index in [1.165, 1.54) is 0 Å². The van der Waals surface area contributed by atoms with Gasteiger partial charge in [0.2, 0.25) is 0 Å². The van der Waals surface area contributed by atoms with Crippen molar-refractivity contribution >= 4 is 88.1 Å². The molecule has 0 saturated carbocycles. The molecule has 0 saturated heterocycles. The second kappa shape index (κ2) is 16.0. The summed E-state index contributed by atoms with van der Waals surface area (Å²) in [6.07, 6.45) is 0. The van der Waals surface area contributed by atoms with Gasteiger partial charge >= 0.3 is 0 Å². The Labute approximate surface area is 105 Å². The first kappa shape index (κ1) is 25.6. The molecule has 0 rings (SSSR count). The van der Waals surface area contributed by atoms with Crippen molar-refractivity contribution in [3.63, 3.8) is 0 Å². The monoisotopic (exact) mass is 336 g/mol. The van der Waals surface area contributed by atoms with Crippen molar-refractivity contribution in [3.05, 3.63) is 0 Å². The predicted octanol–water partition coefficient (Wildman–Crippen LogP) is -1.14. The Hall–Kier alpha value is 3.57. The van der Waals surface area contributed by atoms with Gasteiger partial charge in [0.05, 0.1) is 0 Å². The molecule has 0 aromatic carbocycles. The third-order valence-corrected chi connectivity index (χ3v) is 0. The molecule has 0 aliphatic heterocycles. The van der Waals surface area contributed by atoms with E-state index in [1.54, 1.807) is 0 Å². The Morgan fingerprint density at radius 1 is 1.00 bits per heavy atom. The molecule has 0 heterocycles. The Morgan fingerprint density at radius 3 is 1.00 bits per heavy atom.